The Balaban J connectivity index is 1.27. The summed E-state index contributed by atoms with van der Waals surface area (Å²) in [6, 6.07) is 52.1. The van der Waals surface area contributed by atoms with Gasteiger partial charge in [-0.3, -0.25) is 0 Å². The standard InChI is InChI=1S/C45H33NO/c1-30-21-25-37-31(2)38-17-10-12-20-44(38)47-45(42(37)27-30)41-19-11-9-18-39(41)40-26-24-36(29-43(40)45)46(34-15-7-4-8-16-34)35-23-22-33(28-35)32-13-5-3-6-14-32/h3-27,29H,2,28H2,1H3. The Hall–Kier alpha value is -5.86. The van der Waals surface area contributed by atoms with Crippen LogP contribution in [0.4, 0.5) is 11.4 Å². The summed E-state index contributed by atoms with van der Waals surface area (Å²) >= 11 is 0. The number of allylic oxidation sites excluding steroid dienone is 3. The number of para-hydroxylation sites is 2. The number of rotatable bonds is 4. The van der Waals surface area contributed by atoms with E-state index >= 15 is 0 Å². The lowest BCUT2D eigenvalue weighted by Crippen LogP contribution is -2.34. The predicted octanol–water partition coefficient (Wildman–Crippen LogP) is 11.2. The highest BCUT2D eigenvalue weighted by Crippen LogP contribution is 2.58. The first-order valence-corrected chi connectivity index (χ1v) is 16.3. The molecule has 1 atom stereocenters. The van der Waals surface area contributed by atoms with Crippen molar-refractivity contribution in [1.29, 1.82) is 0 Å². The van der Waals surface area contributed by atoms with Gasteiger partial charge < -0.3 is 9.64 Å². The molecule has 0 aromatic heterocycles. The Kier molecular flexibility index (Phi) is 6.20. The van der Waals surface area contributed by atoms with E-state index in [-0.39, 0.29) is 0 Å². The van der Waals surface area contributed by atoms with Crippen LogP contribution in [0.25, 0.3) is 22.3 Å². The molecule has 0 amide bonds. The molecule has 0 saturated carbocycles. The van der Waals surface area contributed by atoms with Gasteiger partial charge in [-0.05, 0) is 76.7 Å². The Morgan fingerprint density at radius 3 is 2.06 bits per heavy atom. The number of benzene rings is 6. The second kappa shape index (κ2) is 10.6. The zero-order chi connectivity index (χ0) is 31.5. The number of hydrogen-bond acceptors (Lipinski definition) is 2. The Bertz CT molecular complexity index is 2280. The summed E-state index contributed by atoms with van der Waals surface area (Å²) < 4.78 is 7.45. The van der Waals surface area contributed by atoms with Crippen LogP contribution >= 0.6 is 0 Å². The smallest absolute Gasteiger partial charge is 0.186 e. The lowest BCUT2D eigenvalue weighted by molar-refractivity contribution is 0.161. The maximum atomic E-state index is 7.45. The molecule has 2 heteroatoms. The lowest BCUT2D eigenvalue weighted by atomic mass is 9.79. The number of aryl methyl sites for hydroxylation is 1. The zero-order valence-electron chi connectivity index (χ0n) is 26.3. The summed E-state index contributed by atoms with van der Waals surface area (Å²) in [5, 5.41) is 0. The molecule has 9 rings (SSSR count). The molecular weight excluding hydrogens is 571 g/mol. The van der Waals surface area contributed by atoms with Crippen LogP contribution in [0.3, 0.4) is 0 Å². The summed E-state index contributed by atoms with van der Waals surface area (Å²) in [5.41, 5.74) is 15.3. The number of nitrogens with zero attached hydrogens (tertiary/aromatic N) is 1. The van der Waals surface area contributed by atoms with Crippen molar-refractivity contribution in [2.75, 3.05) is 4.90 Å². The van der Waals surface area contributed by atoms with E-state index in [1.807, 2.05) is 0 Å². The van der Waals surface area contributed by atoms with Gasteiger partial charge >= 0.3 is 0 Å². The largest absolute Gasteiger partial charge is 0.472 e. The average molecular weight is 604 g/mol. The van der Waals surface area contributed by atoms with Crippen molar-refractivity contribution in [3.8, 4) is 16.9 Å². The number of anilines is 2. The molecule has 0 bridgehead atoms. The Morgan fingerprint density at radius 2 is 1.23 bits per heavy atom. The van der Waals surface area contributed by atoms with Crippen LogP contribution in [0.1, 0.15) is 45.4 Å². The van der Waals surface area contributed by atoms with Crippen LogP contribution in [0.15, 0.2) is 170 Å². The molecule has 2 nitrogen and oxygen atoms in total. The van der Waals surface area contributed by atoms with Gasteiger partial charge in [-0.25, -0.2) is 0 Å². The van der Waals surface area contributed by atoms with Gasteiger partial charge in [0.25, 0.3) is 0 Å². The third-order valence-corrected chi connectivity index (χ3v) is 9.89. The molecule has 0 saturated heterocycles. The third kappa shape index (κ3) is 4.18. The molecule has 3 aliphatic rings. The van der Waals surface area contributed by atoms with Crippen molar-refractivity contribution in [1.82, 2.24) is 0 Å². The zero-order valence-corrected chi connectivity index (χ0v) is 26.3. The summed E-state index contributed by atoms with van der Waals surface area (Å²) in [7, 11) is 0. The molecule has 0 fully saturated rings. The molecule has 6 aromatic carbocycles. The highest BCUT2D eigenvalue weighted by atomic mass is 16.5. The molecule has 1 spiro atoms. The van der Waals surface area contributed by atoms with Gasteiger partial charge in [-0.1, -0.05) is 133 Å². The SMILES string of the molecule is C=C1c2ccccc2OC2(c3cc(C)ccc31)c1ccccc1-c1ccc(N(C3=CC=C(c4ccccc4)C3)c3ccccc3)cc12. The van der Waals surface area contributed by atoms with E-state index in [0.717, 1.165) is 56.9 Å². The molecular formula is C45H33NO. The fourth-order valence-electron chi connectivity index (χ4n) is 7.72. The van der Waals surface area contributed by atoms with Crippen LogP contribution in [0.2, 0.25) is 0 Å². The quantitative estimate of drug-likeness (QED) is 0.199. The van der Waals surface area contributed by atoms with Gasteiger partial charge in [0.1, 0.15) is 5.75 Å². The van der Waals surface area contributed by atoms with Crippen molar-refractivity contribution >= 4 is 22.5 Å². The van der Waals surface area contributed by atoms with Crippen LogP contribution in [0.5, 0.6) is 5.75 Å². The molecule has 0 radical (unpaired) electrons. The number of fused-ring (bicyclic) bond motifs is 8. The number of ether oxygens (including phenoxy) is 1. The van der Waals surface area contributed by atoms with Crippen LogP contribution in [-0.2, 0) is 5.60 Å². The van der Waals surface area contributed by atoms with E-state index in [4.69, 9.17) is 4.74 Å². The summed E-state index contributed by atoms with van der Waals surface area (Å²) in [6.07, 6.45) is 5.38. The maximum absolute atomic E-state index is 7.45. The topological polar surface area (TPSA) is 12.5 Å². The van der Waals surface area contributed by atoms with Crippen molar-refractivity contribution in [3.63, 3.8) is 0 Å². The third-order valence-electron chi connectivity index (χ3n) is 9.89. The van der Waals surface area contributed by atoms with Gasteiger partial charge in [-0.2, -0.15) is 0 Å². The van der Waals surface area contributed by atoms with Crippen LogP contribution in [0, 0.1) is 6.92 Å². The first-order valence-electron chi connectivity index (χ1n) is 16.3. The fraction of sp³-hybridized carbons (Fsp3) is 0.0667. The van der Waals surface area contributed by atoms with Crippen LogP contribution in [-0.4, -0.2) is 0 Å². The summed E-state index contributed by atoms with van der Waals surface area (Å²) in [5.74, 6) is 0.842. The van der Waals surface area contributed by atoms with Crippen molar-refractivity contribution in [2.45, 2.75) is 18.9 Å². The fourth-order valence-corrected chi connectivity index (χ4v) is 7.72. The minimum Gasteiger partial charge on any atom is -0.472 e. The van der Waals surface area contributed by atoms with Gasteiger partial charge in [0.2, 0.25) is 0 Å². The Labute approximate surface area is 276 Å². The van der Waals surface area contributed by atoms with E-state index in [1.165, 1.54) is 33.5 Å². The lowest BCUT2D eigenvalue weighted by Gasteiger charge is -2.35. The highest BCUT2D eigenvalue weighted by molar-refractivity contribution is 5.91. The minimum atomic E-state index is -0.862. The van der Waals surface area contributed by atoms with Crippen LogP contribution < -0.4 is 9.64 Å². The minimum absolute atomic E-state index is 0.840. The second-order valence-corrected chi connectivity index (χ2v) is 12.6. The van der Waals surface area contributed by atoms with Gasteiger partial charge in [0, 0.05) is 45.7 Å². The molecule has 6 aromatic rings. The van der Waals surface area contributed by atoms with E-state index in [2.05, 4.69) is 176 Å². The second-order valence-electron chi connectivity index (χ2n) is 12.6. The molecule has 1 heterocycles. The van der Waals surface area contributed by atoms with E-state index < -0.39 is 5.60 Å². The summed E-state index contributed by atoms with van der Waals surface area (Å²) in [6.45, 7) is 6.78. The first kappa shape index (κ1) is 27.5. The molecule has 1 aliphatic heterocycles. The number of hydrogen-bond donors (Lipinski definition) is 0. The van der Waals surface area contributed by atoms with Gasteiger partial charge in [0.15, 0.2) is 5.60 Å². The highest BCUT2D eigenvalue weighted by Gasteiger charge is 2.50. The first-order chi connectivity index (χ1) is 23.1. The molecule has 1 unspecified atom stereocenters. The molecule has 0 N–H and O–H groups in total. The monoisotopic (exact) mass is 603 g/mol. The Morgan fingerprint density at radius 1 is 0.574 bits per heavy atom. The average Bonchev–Trinajstić information content (AvgIpc) is 3.68. The predicted molar refractivity (Wildman–Crippen MR) is 194 cm³/mol. The van der Waals surface area contributed by atoms with Crippen molar-refractivity contribution < 1.29 is 4.74 Å². The van der Waals surface area contributed by atoms with Crippen molar-refractivity contribution in [3.05, 3.63) is 209 Å². The van der Waals surface area contributed by atoms with Crippen molar-refractivity contribution in [2.24, 2.45) is 0 Å². The van der Waals surface area contributed by atoms with Gasteiger partial charge in [0.05, 0.1) is 0 Å². The van der Waals surface area contributed by atoms with Gasteiger partial charge in [-0.15, -0.1) is 0 Å². The van der Waals surface area contributed by atoms with E-state index in [1.54, 1.807) is 0 Å². The maximum Gasteiger partial charge on any atom is 0.186 e. The molecule has 47 heavy (non-hydrogen) atoms. The van der Waals surface area contributed by atoms with E-state index in [9.17, 15) is 0 Å². The molecule has 2 aliphatic carbocycles. The normalized spacial score (nSPS) is 17.1. The van der Waals surface area contributed by atoms with E-state index in [0.29, 0.717) is 0 Å². The molecule has 224 valence electrons. The summed E-state index contributed by atoms with van der Waals surface area (Å²) in [4.78, 5) is 2.41.